The molecule has 0 radical (unpaired) electrons. The van der Waals surface area contributed by atoms with Crippen LogP contribution in [-0.4, -0.2) is 19.9 Å². The molecule has 0 saturated heterocycles. The maximum atomic E-state index is 4.78. The molecule has 0 saturated carbocycles. The van der Waals surface area contributed by atoms with E-state index in [0.29, 0.717) is 0 Å². The summed E-state index contributed by atoms with van der Waals surface area (Å²) in [5, 5.41) is 0. The van der Waals surface area contributed by atoms with E-state index in [2.05, 4.69) is 15.0 Å². The molecule has 0 aromatic carbocycles. The van der Waals surface area contributed by atoms with Crippen molar-refractivity contribution in [3.63, 3.8) is 0 Å². The first-order valence-corrected chi connectivity index (χ1v) is 7.92. The summed E-state index contributed by atoms with van der Waals surface area (Å²) in [5.74, 6) is 2.25. The Morgan fingerprint density at radius 1 is 0.481 bits per heavy atom. The number of aromatic nitrogens is 4. The lowest BCUT2D eigenvalue weighted by Gasteiger charge is -2.22. The molecule has 0 atom stereocenters. The first kappa shape index (κ1) is 20.3. The average molecular weight is 398 g/mol. The van der Waals surface area contributed by atoms with Crippen LogP contribution in [0.1, 0.15) is 0 Å². The molecule has 4 aromatic rings. The van der Waals surface area contributed by atoms with E-state index in [9.17, 15) is 0 Å². The number of halogens is 2. The summed E-state index contributed by atoms with van der Waals surface area (Å²) in [6.45, 7) is 0. The molecule has 4 aromatic heterocycles. The average Bonchev–Trinajstić information content (AvgIpc) is 2.71. The molecule has 0 amide bonds. The van der Waals surface area contributed by atoms with E-state index < -0.39 is 0 Å². The van der Waals surface area contributed by atoms with Crippen molar-refractivity contribution in [3.05, 3.63) is 91.4 Å². The standard InChI is InChI=1S/C20H15N5.2ClH/c1-4-13-21-16(8-1)17-9-7-12-20(24-17)25(18-10-2-5-14-22-18)19-11-3-6-15-23-19;;/h1-15H;2*1H. The highest BCUT2D eigenvalue weighted by Crippen LogP contribution is 2.30. The summed E-state index contributed by atoms with van der Waals surface area (Å²) in [4.78, 5) is 20.0. The van der Waals surface area contributed by atoms with Crippen molar-refractivity contribution in [1.29, 1.82) is 0 Å². The van der Waals surface area contributed by atoms with Gasteiger partial charge in [0.1, 0.15) is 17.5 Å². The predicted octanol–water partition coefficient (Wildman–Crippen LogP) is 5.25. The van der Waals surface area contributed by atoms with Gasteiger partial charge in [-0.15, -0.1) is 24.8 Å². The monoisotopic (exact) mass is 397 g/mol. The Bertz CT molecular complexity index is 914. The molecule has 0 aliphatic rings. The minimum atomic E-state index is 0. The zero-order valence-corrected chi connectivity index (χ0v) is 15.8. The lowest BCUT2D eigenvalue weighted by atomic mass is 10.2. The van der Waals surface area contributed by atoms with E-state index in [0.717, 1.165) is 28.8 Å². The van der Waals surface area contributed by atoms with Crippen molar-refractivity contribution in [2.75, 3.05) is 4.90 Å². The van der Waals surface area contributed by atoms with Crippen LogP contribution in [0.15, 0.2) is 91.4 Å². The highest BCUT2D eigenvalue weighted by molar-refractivity contribution is 5.85. The number of rotatable bonds is 4. The summed E-state index contributed by atoms with van der Waals surface area (Å²) in [7, 11) is 0. The van der Waals surface area contributed by atoms with Crippen LogP contribution in [0.5, 0.6) is 0 Å². The summed E-state index contributed by atoms with van der Waals surface area (Å²) in [5.41, 5.74) is 1.63. The molecule has 0 fully saturated rings. The third-order valence-corrected chi connectivity index (χ3v) is 3.65. The largest absolute Gasteiger partial charge is 0.262 e. The quantitative estimate of drug-likeness (QED) is 0.470. The zero-order chi connectivity index (χ0) is 16.9. The van der Waals surface area contributed by atoms with Crippen LogP contribution in [0.3, 0.4) is 0 Å². The second-order valence-electron chi connectivity index (χ2n) is 5.31. The van der Waals surface area contributed by atoms with Gasteiger partial charge in [-0.1, -0.05) is 24.3 Å². The van der Waals surface area contributed by atoms with Crippen molar-refractivity contribution in [2.45, 2.75) is 0 Å². The Morgan fingerprint density at radius 2 is 1.00 bits per heavy atom. The Morgan fingerprint density at radius 3 is 1.52 bits per heavy atom. The van der Waals surface area contributed by atoms with Gasteiger partial charge in [0.15, 0.2) is 0 Å². The number of hydrogen-bond donors (Lipinski definition) is 0. The Hall–Kier alpha value is -3.02. The van der Waals surface area contributed by atoms with Crippen LogP contribution in [0.25, 0.3) is 11.4 Å². The summed E-state index contributed by atoms with van der Waals surface area (Å²) in [6, 6.07) is 23.2. The van der Waals surface area contributed by atoms with Gasteiger partial charge < -0.3 is 0 Å². The van der Waals surface area contributed by atoms with Gasteiger partial charge in [0.05, 0.1) is 11.4 Å². The minimum Gasteiger partial charge on any atom is -0.262 e. The Labute approximate surface area is 170 Å². The van der Waals surface area contributed by atoms with Crippen LogP contribution >= 0.6 is 24.8 Å². The Balaban J connectivity index is 0.00000131. The van der Waals surface area contributed by atoms with E-state index in [1.807, 2.05) is 77.7 Å². The molecule has 0 spiro atoms. The van der Waals surface area contributed by atoms with Crippen LogP contribution in [0.2, 0.25) is 0 Å². The number of anilines is 3. The smallest absolute Gasteiger partial charge is 0.140 e. The molecule has 0 N–H and O–H groups in total. The third-order valence-electron chi connectivity index (χ3n) is 3.65. The van der Waals surface area contributed by atoms with Crippen LogP contribution in [0, 0.1) is 0 Å². The molecule has 0 aliphatic carbocycles. The maximum absolute atomic E-state index is 4.78. The van der Waals surface area contributed by atoms with E-state index >= 15 is 0 Å². The van der Waals surface area contributed by atoms with Crippen molar-refractivity contribution in [1.82, 2.24) is 19.9 Å². The fourth-order valence-corrected chi connectivity index (χ4v) is 2.53. The molecule has 5 nitrogen and oxygen atoms in total. The molecule has 27 heavy (non-hydrogen) atoms. The van der Waals surface area contributed by atoms with Crippen molar-refractivity contribution < 1.29 is 0 Å². The molecular weight excluding hydrogens is 381 g/mol. The highest BCUT2D eigenvalue weighted by Gasteiger charge is 2.16. The fourth-order valence-electron chi connectivity index (χ4n) is 2.53. The van der Waals surface area contributed by atoms with Gasteiger partial charge >= 0.3 is 0 Å². The summed E-state index contributed by atoms with van der Waals surface area (Å²) < 4.78 is 0. The normalized spacial score (nSPS) is 9.63. The van der Waals surface area contributed by atoms with Gasteiger partial charge in [-0.05, 0) is 48.5 Å². The lowest BCUT2D eigenvalue weighted by molar-refractivity contribution is 1.08. The van der Waals surface area contributed by atoms with E-state index in [1.165, 1.54) is 0 Å². The predicted molar refractivity (Wildman–Crippen MR) is 112 cm³/mol. The second kappa shape index (κ2) is 9.62. The SMILES string of the molecule is Cl.Cl.c1ccc(-c2cccc(N(c3ccccn3)c3ccccn3)n2)nc1. The zero-order valence-electron chi connectivity index (χ0n) is 14.2. The second-order valence-corrected chi connectivity index (χ2v) is 5.31. The third kappa shape index (κ3) is 4.58. The molecule has 0 aliphatic heterocycles. The fraction of sp³-hybridized carbons (Fsp3) is 0. The molecule has 4 heterocycles. The van der Waals surface area contributed by atoms with Gasteiger partial charge in [0, 0.05) is 18.6 Å². The summed E-state index contributed by atoms with van der Waals surface area (Å²) >= 11 is 0. The Kier molecular flexibility index (Phi) is 7.23. The van der Waals surface area contributed by atoms with Gasteiger partial charge in [-0.25, -0.2) is 15.0 Å². The first-order valence-electron chi connectivity index (χ1n) is 7.92. The van der Waals surface area contributed by atoms with Crippen LogP contribution in [-0.2, 0) is 0 Å². The lowest BCUT2D eigenvalue weighted by Crippen LogP contribution is -2.14. The van der Waals surface area contributed by atoms with Gasteiger partial charge in [0.25, 0.3) is 0 Å². The molecule has 0 unspecified atom stereocenters. The molecule has 136 valence electrons. The van der Waals surface area contributed by atoms with E-state index in [1.54, 1.807) is 18.6 Å². The molecule has 0 bridgehead atoms. The maximum Gasteiger partial charge on any atom is 0.140 e. The molecular formula is C20H17Cl2N5. The van der Waals surface area contributed by atoms with Gasteiger partial charge in [0.2, 0.25) is 0 Å². The molecule has 7 heteroatoms. The van der Waals surface area contributed by atoms with E-state index in [4.69, 9.17) is 4.98 Å². The highest BCUT2D eigenvalue weighted by atomic mass is 35.5. The van der Waals surface area contributed by atoms with Crippen molar-refractivity contribution >= 4 is 42.3 Å². The first-order chi connectivity index (χ1) is 12.4. The van der Waals surface area contributed by atoms with E-state index in [-0.39, 0.29) is 24.8 Å². The summed E-state index contributed by atoms with van der Waals surface area (Å²) in [6.07, 6.45) is 5.28. The number of hydrogen-bond acceptors (Lipinski definition) is 5. The van der Waals surface area contributed by atoms with Crippen LogP contribution in [0.4, 0.5) is 17.5 Å². The van der Waals surface area contributed by atoms with Gasteiger partial charge in [-0.3, -0.25) is 9.88 Å². The van der Waals surface area contributed by atoms with Gasteiger partial charge in [-0.2, -0.15) is 0 Å². The minimum absolute atomic E-state index is 0. The van der Waals surface area contributed by atoms with Crippen molar-refractivity contribution in [3.8, 4) is 11.4 Å². The number of nitrogens with zero attached hydrogens (tertiary/aromatic N) is 5. The number of pyridine rings is 4. The molecule has 4 rings (SSSR count). The topological polar surface area (TPSA) is 54.8 Å². The van der Waals surface area contributed by atoms with Crippen molar-refractivity contribution in [2.24, 2.45) is 0 Å². The van der Waals surface area contributed by atoms with Crippen LogP contribution < -0.4 is 4.90 Å².